The minimum atomic E-state index is -4.50. The highest BCUT2D eigenvalue weighted by molar-refractivity contribution is 6.32. The predicted molar refractivity (Wildman–Crippen MR) is 80.3 cm³/mol. The minimum Gasteiger partial charge on any atom is -0.467 e. The second kappa shape index (κ2) is 6.87. The van der Waals surface area contributed by atoms with Gasteiger partial charge in [0.2, 0.25) is 5.88 Å². The third-order valence-corrected chi connectivity index (χ3v) is 3.84. The van der Waals surface area contributed by atoms with E-state index in [1.807, 2.05) is 0 Å². The van der Waals surface area contributed by atoms with Crippen molar-refractivity contribution in [2.24, 2.45) is 0 Å². The number of aromatic nitrogens is 4. The van der Waals surface area contributed by atoms with Crippen molar-refractivity contribution < 1.29 is 22.7 Å². The molecule has 0 spiro atoms. The summed E-state index contributed by atoms with van der Waals surface area (Å²) in [5.74, 6) is -0.185. The zero-order valence-corrected chi connectivity index (χ0v) is 13.5. The van der Waals surface area contributed by atoms with Crippen LogP contribution in [0.25, 0.3) is 0 Å². The summed E-state index contributed by atoms with van der Waals surface area (Å²) in [7, 11) is 0. The summed E-state index contributed by atoms with van der Waals surface area (Å²) < 4.78 is 42.7. The largest absolute Gasteiger partial charge is 0.467 e. The molecule has 7 nitrogen and oxygen atoms in total. The Hall–Kier alpha value is -2.36. The number of rotatable bonds is 4. The number of carbonyl (C=O) groups is 1. The van der Waals surface area contributed by atoms with Gasteiger partial charge >= 0.3 is 6.18 Å². The average molecular weight is 376 g/mol. The molecule has 0 aliphatic carbocycles. The van der Waals surface area contributed by atoms with Crippen molar-refractivity contribution in [2.75, 3.05) is 6.61 Å². The number of nitrogens with zero attached hydrogens (tertiary/aromatic N) is 4. The van der Waals surface area contributed by atoms with Gasteiger partial charge in [0.1, 0.15) is 17.2 Å². The summed E-state index contributed by atoms with van der Waals surface area (Å²) in [6, 6.07) is 0.909. The van der Waals surface area contributed by atoms with Gasteiger partial charge in [-0.1, -0.05) is 11.6 Å². The van der Waals surface area contributed by atoms with Gasteiger partial charge < -0.3 is 10.1 Å². The molecule has 0 radical (unpaired) electrons. The minimum absolute atomic E-state index is 0.112. The van der Waals surface area contributed by atoms with Gasteiger partial charge in [0.25, 0.3) is 5.91 Å². The predicted octanol–water partition coefficient (Wildman–Crippen LogP) is 2.53. The first-order valence-corrected chi connectivity index (χ1v) is 7.75. The zero-order chi connectivity index (χ0) is 18.0. The van der Waals surface area contributed by atoms with Crippen molar-refractivity contribution in [3.05, 3.63) is 35.0 Å². The number of alkyl halides is 3. The second-order valence-electron chi connectivity index (χ2n) is 5.42. The van der Waals surface area contributed by atoms with Crippen LogP contribution >= 0.6 is 11.6 Å². The highest BCUT2D eigenvalue weighted by Gasteiger charge is 2.29. The molecular formula is C14H13ClF3N5O2. The molecule has 134 valence electrons. The quantitative estimate of drug-likeness (QED) is 0.888. The van der Waals surface area contributed by atoms with Crippen LogP contribution in [0.5, 0.6) is 5.88 Å². The summed E-state index contributed by atoms with van der Waals surface area (Å²) in [6.07, 6.45) is -0.424. The Kier molecular flexibility index (Phi) is 4.80. The topological polar surface area (TPSA) is 81.9 Å². The van der Waals surface area contributed by atoms with E-state index in [1.165, 1.54) is 12.4 Å². The smallest absolute Gasteiger partial charge is 0.422 e. The molecule has 0 saturated carbocycles. The van der Waals surface area contributed by atoms with Gasteiger partial charge in [-0.2, -0.15) is 18.3 Å². The summed E-state index contributed by atoms with van der Waals surface area (Å²) in [6.45, 7) is -0.774. The Morgan fingerprint density at radius 3 is 2.96 bits per heavy atom. The molecule has 0 bridgehead atoms. The van der Waals surface area contributed by atoms with Crippen LogP contribution in [-0.2, 0) is 6.54 Å². The average Bonchev–Trinajstić information content (AvgIpc) is 3.02. The van der Waals surface area contributed by atoms with E-state index in [4.69, 9.17) is 11.6 Å². The molecule has 11 heteroatoms. The first-order valence-electron chi connectivity index (χ1n) is 7.37. The second-order valence-corrected chi connectivity index (χ2v) is 5.83. The molecule has 2 aromatic rings. The van der Waals surface area contributed by atoms with Gasteiger partial charge in [0, 0.05) is 12.7 Å². The molecule has 0 fully saturated rings. The van der Waals surface area contributed by atoms with Crippen LogP contribution in [0, 0.1) is 0 Å². The first-order chi connectivity index (χ1) is 11.8. The number of halogens is 4. The molecule has 2 aromatic heterocycles. The third kappa shape index (κ3) is 4.19. The van der Waals surface area contributed by atoms with E-state index in [0.29, 0.717) is 12.2 Å². The lowest BCUT2D eigenvalue weighted by atomic mass is 10.1. The molecule has 1 aliphatic heterocycles. The fourth-order valence-corrected chi connectivity index (χ4v) is 2.69. The number of ether oxygens (including phenoxy) is 1. The van der Waals surface area contributed by atoms with Gasteiger partial charge in [-0.15, -0.1) is 0 Å². The van der Waals surface area contributed by atoms with Crippen LogP contribution < -0.4 is 10.1 Å². The molecule has 0 saturated heterocycles. The van der Waals surface area contributed by atoms with Gasteiger partial charge in [-0.05, 0) is 18.9 Å². The van der Waals surface area contributed by atoms with E-state index >= 15 is 0 Å². The van der Waals surface area contributed by atoms with Gasteiger partial charge in [-0.25, -0.2) is 14.6 Å². The molecule has 1 aliphatic rings. The van der Waals surface area contributed by atoms with E-state index in [-0.39, 0.29) is 22.5 Å². The molecule has 1 N–H and O–H groups in total. The maximum atomic E-state index is 12.3. The van der Waals surface area contributed by atoms with Gasteiger partial charge in [0.15, 0.2) is 6.61 Å². The van der Waals surface area contributed by atoms with Gasteiger partial charge in [-0.3, -0.25) is 4.79 Å². The fourth-order valence-electron chi connectivity index (χ4n) is 2.47. The third-order valence-electron chi connectivity index (χ3n) is 3.57. The van der Waals surface area contributed by atoms with Crippen molar-refractivity contribution in [2.45, 2.75) is 31.6 Å². The molecule has 25 heavy (non-hydrogen) atoms. The maximum Gasteiger partial charge on any atom is 0.422 e. The van der Waals surface area contributed by atoms with Gasteiger partial charge in [0.05, 0.1) is 11.6 Å². The first kappa shape index (κ1) is 17.5. The van der Waals surface area contributed by atoms with E-state index in [2.05, 4.69) is 25.1 Å². The highest BCUT2D eigenvalue weighted by Crippen LogP contribution is 2.26. The Balaban J connectivity index is 1.68. The van der Waals surface area contributed by atoms with Crippen LogP contribution in [0.15, 0.2) is 18.6 Å². The van der Waals surface area contributed by atoms with E-state index in [1.54, 1.807) is 4.68 Å². The standard InChI is InChI=1S/C14H13ClF3N5O2/c15-9-4-8(5-19-13(9)25-6-14(16,17)18)12(24)22-10-2-1-3-23-11(10)20-7-21-23/h4-5,7,10H,1-3,6H2,(H,22,24)/t10-/m1/s1. The van der Waals surface area contributed by atoms with Crippen LogP contribution in [0.3, 0.4) is 0 Å². The van der Waals surface area contributed by atoms with Crippen molar-refractivity contribution in [3.8, 4) is 5.88 Å². The number of fused-ring (bicyclic) bond motifs is 1. The summed E-state index contributed by atoms with van der Waals surface area (Å²) in [5.41, 5.74) is 0.112. The van der Waals surface area contributed by atoms with E-state index in [0.717, 1.165) is 19.2 Å². The van der Waals surface area contributed by atoms with E-state index < -0.39 is 18.7 Å². The van der Waals surface area contributed by atoms with Crippen LogP contribution in [0.4, 0.5) is 13.2 Å². The number of hydrogen-bond donors (Lipinski definition) is 1. The highest BCUT2D eigenvalue weighted by atomic mass is 35.5. The number of hydrogen-bond acceptors (Lipinski definition) is 5. The van der Waals surface area contributed by atoms with Crippen LogP contribution in [-0.4, -0.2) is 38.4 Å². The lowest BCUT2D eigenvalue weighted by Crippen LogP contribution is -2.33. The fraction of sp³-hybridized carbons (Fsp3) is 0.429. The molecule has 3 rings (SSSR count). The monoisotopic (exact) mass is 375 g/mol. The molecule has 1 atom stereocenters. The summed E-state index contributed by atoms with van der Waals surface area (Å²) in [5, 5.41) is 6.69. The molecular weight excluding hydrogens is 363 g/mol. The number of nitrogens with one attached hydrogen (secondary N) is 1. The Morgan fingerprint density at radius 1 is 1.44 bits per heavy atom. The number of aryl methyl sites for hydroxylation is 1. The number of pyridine rings is 1. The Labute approximate surface area is 145 Å². The number of amides is 1. The summed E-state index contributed by atoms with van der Waals surface area (Å²) in [4.78, 5) is 20.2. The lowest BCUT2D eigenvalue weighted by Gasteiger charge is -2.23. The Morgan fingerprint density at radius 2 is 2.24 bits per heavy atom. The van der Waals surface area contributed by atoms with Crippen LogP contribution in [0.2, 0.25) is 5.02 Å². The molecule has 0 aromatic carbocycles. The zero-order valence-electron chi connectivity index (χ0n) is 12.8. The van der Waals surface area contributed by atoms with Crippen molar-refractivity contribution >= 4 is 17.5 Å². The van der Waals surface area contributed by atoms with E-state index in [9.17, 15) is 18.0 Å². The SMILES string of the molecule is O=C(N[C@@H]1CCCn2ncnc21)c1cnc(OCC(F)(F)F)c(Cl)c1. The maximum absolute atomic E-state index is 12.3. The molecule has 0 unspecified atom stereocenters. The Bertz CT molecular complexity index is 780. The van der Waals surface area contributed by atoms with Crippen LogP contribution in [0.1, 0.15) is 35.1 Å². The molecule has 3 heterocycles. The van der Waals surface area contributed by atoms with Crippen molar-refractivity contribution in [1.29, 1.82) is 0 Å². The van der Waals surface area contributed by atoms with Crippen molar-refractivity contribution in [1.82, 2.24) is 25.1 Å². The lowest BCUT2D eigenvalue weighted by molar-refractivity contribution is -0.154. The molecule has 1 amide bonds. The summed E-state index contributed by atoms with van der Waals surface area (Å²) >= 11 is 5.85. The van der Waals surface area contributed by atoms with Crippen molar-refractivity contribution in [3.63, 3.8) is 0 Å². The number of carbonyl (C=O) groups excluding carboxylic acids is 1. The normalized spacial score (nSPS) is 17.0.